The summed E-state index contributed by atoms with van der Waals surface area (Å²) in [5, 5.41) is 0. The molecular weight excluding hydrogens is 236 g/mol. The van der Waals surface area contributed by atoms with Gasteiger partial charge >= 0.3 is 0 Å². The minimum absolute atomic E-state index is 0.0188. The molecule has 2 rings (SSSR count). The molecule has 19 heavy (non-hydrogen) atoms. The van der Waals surface area contributed by atoms with Crippen LogP contribution in [-0.2, 0) is 0 Å². The normalized spacial score (nSPS) is 10.3. The quantitative estimate of drug-likeness (QED) is 0.825. The summed E-state index contributed by atoms with van der Waals surface area (Å²) >= 11 is 0. The highest BCUT2D eigenvalue weighted by atomic mass is 16.2. The van der Waals surface area contributed by atoms with Gasteiger partial charge in [0.1, 0.15) is 0 Å². The highest BCUT2D eigenvalue weighted by Gasteiger charge is 2.08. The summed E-state index contributed by atoms with van der Waals surface area (Å²) < 4.78 is 0. The van der Waals surface area contributed by atoms with Crippen molar-refractivity contribution in [1.82, 2.24) is 9.88 Å². The SMILES string of the molecule is Cc1cc(C)c(-c2ccc(C(=O)N(C)C)cc2)cn1. The molecule has 0 aliphatic rings. The fourth-order valence-electron chi connectivity index (χ4n) is 2.05. The van der Waals surface area contributed by atoms with E-state index in [1.54, 1.807) is 19.0 Å². The summed E-state index contributed by atoms with van der Waals surface area (Å²) in [6.07, 6.45) is 1.88. The van der Waals surface area contributed by atoms with Crippen LogP contribution in [0.2, 0.25) is 0 Å². The summed E-state index contributed by atoms with van der Waals surface area (Å²) in [6.45, 7) is 4.05. The van der Waals surface area contributed by atoms with Crippen LogP contribution in [0.4, 0.5) is 0 Å². The van der Waals surface area contributed by atoms with Crippen LogP contribution >= 0.6 is 0 Å². The number of carbonyl (C=O) groups is 1. The Kier molecular flexibility index (Phi) is 3.65. The van der Waals surface area contributed by atoms with Gasteiger partial charge in [-0.05, 0) is 43.2 Å². The maximum atomic E-state index is 11.8. The van der Waals surface area contributed by atoms with E-state index in [2.05, 4.69) is 18.0 Å². The van der Waals surface area contributed by atoms with Crippen LogP contribution in [0.3, 0.4) is 0 Å². The third-order valence-electron chi connectivity index (χ3n) is 3.10. The minimum Gasteiger partial charge on any atom is -0.345 e. The molecule has 1 aromatic heterocycles. The highest BCUT2D eigenvalue weighted by Crippen LogP contribution is 2.23. The second-order valence-corrected chi connectivity index (χ2v) is 4.92. The van der Waals surface area contributed by atoms with E-state index < -0.39 is 0 Å². The second kappa shape index (κ2) is 5.22. The zero-order valence-corrected chi connectivity index (χ0v) is 11.8. The standard InChI is InChI=1S/C16H18N2O/c1-11-9-12(2)17-10-15(11)13-5-7-14(8-6-13)16(19)18(3)4/h5-10H,1-4H3. The van der Waals surface area contributed by atoms with Crippen LogP contribution in [0.1, 0.15) is 21.6 Å². The lowest BCUT2D eigenvalue weighted by Crippen LogP contribution is -2.21. The van der Waals surface area contributed by atoms with Crippen LogP contribution in [0.25, 0.3) is 11.1 Å². The molecule has 98 valence electrons. The zero-order chi connectivity index (χ0) is 14.0. The van der Waals surface area contributed by atoms with Crippen LogP contribution in [0.5, 0.6) is 0 Å². The minimum atomic E-state index is 0.0188. The van der Waals surface area contributed by atoms with Crippen LogP contribution in [0.15, 0.2) is 36.5 Å². The van der Waals surface area contributed by atoms with Crippen molar-refractivity contribution in [1.29, 1.82) is 0 Å². The third-order valence-corrected chi connectivity index (χ3v) is 3.10. The first-order valence-electron chi connectivity index (χ1n) is 6.24. The van der Waals surface area contributed by atoms with Crippen LogP contribution < -0.4 is 0 Å². The number of carbonyl (C=O) groups excluding carboxylic acids is 1. The third kappa shape index (κ3) is 2.81. The molecular formula is C16H18N2O. The topological polar surface area (TPSA) is 33.2 Å². The van der Waals surface area contributed by atoms with Gasteiger partial charge in [0.25, 0.3) is 5.91 Å². The smallest absolute Gasteiger partial charge is 0.253 e. The molecule has 0 spiro atoms. The molecule has 0 aliphatic heterocycles. The van der Waals surface area contributed by atoms with Gasteiger partial charge in [-0.3, -0.25) is 9.78 Å². The lowest BCUT2D eigenvalue weighted by Gasteiger charge is -2.11. The lowest BCUT2D eigenvalue weighted by molar-refractivity contribution is 0.0827. The Labute approximate surface area is 113 Å². The largest absolute Gasteiger partial charge is 0.345 e. The van der Waals surface area contributed by atoms with Crippen molar-refractivity contribution in [2.24, 2.45) is 0 Å². The number of benzene rings is 1. The van der Waals surface area contributed by atoms with Crippen molar-refractivity contribution in [3.8, 4) is 11.1 Å². The van der Waals surface area contributed by atoms with Crippen molar-refractivity contribution >= 4 is 5.91 Å². The van der Waals surface area contributed by atoms with Gasteiger partial charge in [-0.25, -0.2) is 0 Å². The second-order valence-electron chi connectivity index (χ2n) is 4.92. The Morgan fingerprint density at radius 2 is 1.74 bits per heavy atom. The van der Waals surface area contributed by atoms with Crippen molar-refractivity contribution < 1.29 is 4.79 Å². The van der Waals surface area contributed by atoms with E-state index >= 15 is 0 Å². The summed E-state index contributed by atoms with van der Waals surface area (Å²) in [4.78, 5) is 17.7. The molecule has 0 bridgehead atoms. The Morgan fingerprint density at radius 3 is 2.26 bits per heavy atom. The van der Waals surface area contributed by atoms with Gasteiger partial charge in [0.05, 0.1) is 0 Å². The summed E-state index contributed by atoms with van der Waals surface area (Å²) in [7, 11) is 3.51. The maximum Gasteiger partial charge on any atom is 0.253 e. The van der Waals surface area contributed by atoms with E-state index in [1.165, 1.54) is 5.56 Å². The number of hydrogen-bond donors (Lipinski definition) is 0. The first kappa shape index (κ1) is 13.3. The van der Waals surface area contributed by atoms with Crippen molar-refractivity contribution in [3.05, 3.63) is 53.3 Å². The molecule has 0 atom stereocenters. The van der Waals surface area contributed by atoms with Crippen LogP contribution in [-0.4, -0.2) is 29.9 Å². The summed E-state index contributed by atoms with van der Waals surface area (Å²) in [5.41, 5.74) is 5.10. The molecule has 0 aliphatic carbocycles. The molecule has 0 saturated carbocycles. The van der Waals surface area contributed by atoms with Gasteiger partial charge in [0.2, 0.25) is 0 Å². The lowest BCUT2D eigenvalue weighted by atomic mass is 10.0. The van der Waals surface area contributed by atoms with Gasteiger partial charge < -0.3 is 4.90 Å². The van der Waals surface area contributed by atoms with Crippen molar-refractivity contribution in [2.45, 2.75) is 13.8 Å². The van der Waals surface area contributed by atoms with Gasteiger partial charge in [0, 0.05) is 37.1 Å². The first-order valence-corrected chi connectivity index (χ1v) is 6.24. The molecule has 0 fully saturated rings. The van der Waals surface area contributed by atoms with E-state index in [0.29, 0.717) is 5.56 Å². The molecule has 3 heteroatoms. The number of nitrogens with zero attached hydrogens (tertiary/aromatic N) is 2. The van der Waals surface area contributed by atoms with Gasteiger partial charge in [-0.2, -0.15) is 0 Å². The number of rotatable bonds is 2. The van der Waals surface area contributed by atoms with Gasteiger partial charge in [-0.15, -0.1) is 0 Å². The molecule has 0 N–H and O–H groups in total. The molecule has 2 aromatic rings. The van der Waals surface area contributed by atoms with Gasteiger partial charge in [0.15, 0.2) is 0 Å². The fourth-order valence-corrected chi connectivity index (χ4v) is 2.05. The van der Waals surface area contributed by atoms with E-state index in [-0.39, 0.29) is 5.91 Å². The van der Waals surface area contributed by atoms with Gasteiger partial charge in [-0.1, -0.05) is 12.1 Å². The first-order chi connectivity index (χ1) is 8.99. The molecule has 0 unspecified atom stereocenters. The summed E-state index contributed by atoms with van der Waals surface area (Å²) in [6, 6.07) is 9.72. The highest BCUT2D eigenvalue weighted by molar-refractivity contribution is 5.94. The number of aromatic nitrogens is 1. The maximum absolute atomic E-state index is 11.8. The van der Waals surface area contributed by atoms with E-state index in [0.717, 1.165) is 16.8 Å². The molecule has 1 amide bonds. The Balaban J connectivity index is 2.35. The molecule has 1 aromatic carbocycles. The summed E-state index contributed by atoms with van der Waals surface area (Å²) in [5.74, 6) is 0.0188. The van der Waals surface area contributed by atoms with E-state index in [4.69, 9.17) is 0 Å². The number of hydrogen-bond acceptors (Lipinski definition) is 2. The zero-order valence-electron chi connectivity index (χ0n) is 11.8. The van der Waals surface area contributed by atoms with Crippen LogP contribution in [0, 0.1) is 13.8 Å². The molecule has 0 radical (unpaired) electrons. The van der Waals surface area contributed by atoms with E-state index in [9.17, 15) is 4.79 Å². The average Bonchev–Trinajstić information content (AvgIpc) is 2.38. The number of pyridine rings is 1. The predicted octanol–water partition coefficient (Wildman–Crippen LogP) is 3.07. The monoisotopic (exact) mass is 254 g/mol. The average molecular weight is 254 g/mol. The Bertz CT molecular complexity index is 601. The molecule has 0 saturated heterocycles. The van der Waals surface area contributed by atoms with E-state index in [1.807, 2.05) is 37.4 Å². The Morgan fingerprint density at radius 1 is 1.11 bits per heavy atom. The number of aryl methyl sites for hydroxylation is 2. The fraction of sp³-hybridized carbons (Fsp3) is 0.250. The van der Waals surface area contributed by atoms with Crippen molar-refractivity contribution in [2.75, 3.05) is 14.1 Å². The number of amides is 1. The molecule has 1 heterocycles. The molecule has 3 nitrogen and oxygen atoms in total. The Hall–Kier alpha value is -2.16. The predicted molar refractivity (Wildman–Crippen MR) is 77.2 cm³/mol. The van der Waals surface area contributed by atoms with Crippen molar-refractivity contribution in [3.63, 3.8) is 0 Å².